The molecule has 1 amide bonds. The number of fused-ring (bicyclic) bond motifs is 1. The van der Waals surface area contributed by atoms with Gasteiger partial charge in [-0.05, 0) is 83.1 Å². The summed E-state index contributed by atoms with van der Waals surface area (Å²) in [6, 6.07) is 2.21. The maximum atomic E-state index is 13.3. The van der Waals surface area contributed by atoms with Crippen molar-refractivity contribution in [2.45, 2.75) is 110 Å². The Balaban J connectivity index is 1.88. The molecule has 1 aromatic rings. The van der Waals surface area contributed by atoms with E-state index in [2.05, 4.69) is 39.1 Å². The van der Waals surface area contributed by atoms with Gasteiger partial charge in [0, 0.05) is 6.04 Å². The second kappa shape index (κ2) is 11.1. The fourth-order valence-electron chi connectivity index (χ4n) is 4.80. The molecule has 1 heterocycles. The number of benzene rings is 1. The number of amides is 1. The standard InChI is InChI=1S/C28H41NO3/c1-5-6-8-13-21-19-24-23(16-18-28(4,32-24)17-11-12-20(2)3)26(30)25(21)27(31)29-22-14-9-7-10-15-22/h12,16,18-19,22,30H,5-11,13-15,17H2,1-4H3,(H,29,31). The van der Waals surface area contributed by atoms with Gasteiger partial charge < -0.3 is 15.2 Å². The SMILES string of the molecule is CCCCCc1cc2c(c(O)c1C(=O)NC1CCCCC1)C=CC(C)(CCC=C(C)C)O2. The third-order valence-corrected chi connectivity index (χ3v) is 6.74. The Hall–Kier alpha value is -2.23. The van der Waals surface area contributed by atoms with Crippen LogP contribution in [-0.4, -0.2) is 22.7 Å². The molecule has 0 bridgehead atoms. The molecule has 32 heavy (non-hydrogen) atoms. The number of hydrogen-bond donors (Lipinski definition) is 2. The highest BCUT2D eigenvalue weighted by Gasteiger charge is 2.31. The van der Waals surface area contributed by atoms with Gasteiger partial charge in [0.05, 0.1) is 11.1 Å². The van der Waals surface area contributed by atoms with Crippen molar-refractivity contribution in [2.75, 3.05) is 0 Å². The lowest BCUT2D eigenvalue weighted by molar-refractivity contribution is 0.0923. The summed E-state index contributed by atoms with van der Waals surface area (Å²) in [5, 5.41) is 14.4. The molecule has 3 rings (SSSR count). The molecular weight excluding hydrogens is 398 g/mol. The minimum atomic E-state index is -0.419. The van der Waals surface area contributed by atoms with Crippen molar-refractivity contribution in [1.82, 2.24) is 5.32 Å². The quantitative estimate of drug-likeness (QED) is 0.319. The van der Waals surface area contributed by atoms with Crippen molar-refractivity contribution in [3.63, 3.8) is 0 Å². The number of rotatable bonds is 9. The van der Waals surface area contributed by atoms with Crippen LogP contribution in [0.5, 0.6) is 11.5 Å². The third-order valence-electron chi connectivity index (χ3n) is 6.74. The zero-order valence-corrected chi connectivity index (χ0v) is 20.4. The first-order valence-electron chi connectivity index (χ1n) is 12.5. The molecule has 0 aromatic heterocycles. The van der Waals surface area contributed by atoms with E-state index < -0.39 is 5.60 Å². The molecule has 1 fully saturated rings. The summed E-state index contributed by atoms with van der Waals surface area (Å²) in [4.78, 5) is 13.3. The topological polar surface area (TPSA) is 58.6 Å². The lowest BCUT2D eigenvalue weighted by Gasteiger charge is -2.33. The van der Waals surface area contributed by atoms with Crippen LogP contribution in [0.1, 0.15) is 113 Å². The lowest BCUT2D eigenvalue weighted by atomic mass is 9.90. The number of allylic oxidation sites excluding steroid dienone is 2. The fraction of sp³-hybridized carbons (Fsp3) is 0.607. The van der Waals surface area contributed by atoms with Crippen molar-refractivity contribution >= 4 is 12.0 Å². The summed E-state index contributed by atoms with van der Waals surface area (Å²) in [6.07, 6.45) is 17.6. The Kier molecular flexibility index (Phi) is 8.44. The molecule has 1 atom stereocenters. The molecule has 4 heteroatoms. The smallest absolute Gasteiger partial charge is 0.255 e. The van der Waals surface area contributed by atoms with E-state index in [0.29, 0.717) is 16.9 Å². The highest BCUT2D eigenvalue weighted by atomic mass is 16.5. The van der Waals surface area contributed by atoms with Gasteiger partial charge >= 0.3 is 0 Å². The minimum Gasteiger partial charge on any atom is -0.506 e. The second-order valence-electron chi connectivity index (χ2n) is 10.0. The van der Waals surface area contributed by atoms with Gasteiger partial charge in [0.1, 0.15) is 17.1 Å². The number of hydrogen-bond acceptors (Lipinski definition) is 3. The molecule has 1 aromatic carbocycles. The largest absolute Gasteiger partial charge is 0.506 e. The zero-order chi connectivity index (χ0) is 23.1. The van der Waals surface area contributed by atoms with E-state index in [-0.39, 0.29) is 17.7 Å². The van der Waals surface area contributed by atoms with Crippen molar-refractivity contribution in [3.8, 4) is 11.5 Å². The highest BCUT2D eigenvalue weighted by Crippen LogP contribution is 2.42. The summed E-state index contributed by atoms with van der Waals surface area (Å²) in [5.74, 6) is 0.601. The molecule has 1 aliphatic carbocycles. The van der Waals surface area contributed by atoms with Crippen molar-refractivity contribution in [3.05, 3.63) is 40.5 Å². The van der Waals surface area contributed by atoms with E-state index >= 15 is 0 Å². The van der Waals surface area contributed by atoms with Crippen molar-refractivity contribution in [1.29, 1.82) is 0 Å². The molecule has 0 saturated heterocycles. The Morgan fingerprint density at radius 3 is 2.69 bits per heavy atom. The number of unbranched alkanes of at least 4 members (excludes halogenated alkanes) is 2. The minimum absolute atomic E-state index is 0.0601. The van der Waals surface area contributed by atoms with E-state index in [1.807, 2.05) is 18.2 Å². The molecule has 2 N–H and O–H groups in total. The van der Waals surface area contributed by atoms with Gasteiger partial charge in [-0.3, -0.25) is 4.79 Å². The van der Waals surface area contributed by atoms with Crippen LogP contribution < -0.4 is 10.1 Å². The zero-order valence-electron chi connectivity index (χ0n) is 20.4. The van der Waals surface area contributed by atoms with E-state index in [1.54, 1.807) is 0 Å². The number of aromatic hydroxyl groups is 1. The number of nitrogens with one attached hydrogen (secondary N) is 1. The van der Waals surface area contributed by atoms with Crippen LogP contribution in [0.15, 0.2) is 23.8 Å². The van der Waals surface area contributed by atoms with E-state index in [1.165, 1.54) is 12.0 Å². The van der Waals surface area contributed by atoms with Crippen molar-refractivity contribution in [2.24, 2.45) is 0 Å². The average Bonchev–Trinajstić information content (AvgIpc) is 2.74. The monoisotopic (exact) mass is 439 g/mol. The van der Waals surface area contributed by atoms with Crippen LogP contribution in [0.2, 0.25) is 0 Å². The summed E-state index contributed by atoms with van der Waals surface area (Å²) < 4.78 is 6.41. The van der Waals surface area contributed by atoms with Crippen LogP contribution in [0.3, 0.4) is 0 Å². The number of aryl methyl sites for hydroxylation is 1. The third kappa shape index (κ3) is 6.17. The Bertz CT molecular complexity index is 860. The number of phenols is 1. The van der Waals surface area contributed by atoms with Gasteiger partial charge in [-0.25, -0.2) is 0 Å². The summed E-state index contributed by atoms with van der Waals surface area (Å²) in [6.45, 7) is 8.47. The van der Waals surface area contributed by atoms with Crippen LogP contribution in [-0.2, 0) is 6.42 Å². The van der Waals surface area contributed by atoms with Crippen LogP contribution in [0.25, 0.3) is 6.08 Å². The molecule has 1 saturated carbocycles. The Morgan fingerprint density at radius 1 is 1.25 bits per heavy atom. The van der Waals surface area contributed by atoms with Crippen molar-refractivity contribution < 1.29 is 14.6 Å². The number of carbonyl (C=O) groups is 1. The molecule has 0 radical (unpaired) electrons. The van der Waals surface area contributed by atoms with Gasteiger partial charge in [-0.15, -0.1) is 0 Å². The predicted molar refractivity (Wildman–Crippen MR) is 132 cm³/mol. The first-order valence-corrected chi connectivity index (χ1v) is 12.5. The van der Waals surface area contributed by atoms with Crippen LogP contribution in [0.4, 0.5) is 0 Å². The second-order valence-corrected chi connectivity index (χ2v) is 10.0. The molecule has 2 aliphatic rings. The fourth-order valence-corrected chi connectivity index (χ4v) is 4.80. The number of ether oxygens (including phenoxy) is 1. The molecular formula is C28H41NO3. The highest BCUT2D eigenvalue weighted by molar-refractivity contribution is 6.00. The maximum absolute atomic E-state index is 13.3. The summed E-state index contributed by atoms with van der Waals surface area (Å²) in [5.41, 5.74) is 2.84. The van der Waals surface area contributed by atoms with E-state index in [4.69, 9.17) is 4.74 Å². The van der Waals surface area contributed by atoms with Gasteiger partial charge in [0.15, 0.2) is 0 Å². The number of carbonyl (C=O) groups excluding carboxylic acids is 1. The maximum Gasteiger partial charge on any atom is 0.255 e. The van der Waals surface area contributed by atoms with Gasteiger partial charge in [0.2, 0.25) is 0 Å². The molecule has 0 spiro atoms. The first kappa shape index (κ1) is 24.4. The summed E-state index contributed by atoms with van der Waals surface area (Å²) >= 11 is 0. The Labute approximate surface area is 194 Å². The average molecular weight is 440 g/mol. The van der Waals surface area contributed by atoms with Gasteiger partial charge in [-0.1, -0.05) is 50.7 Å². The van der Waals surface area contributed by atoms with Crippen LogP contribution >= 0.6 is 0 Å². The molecule has 4 nitrogen and oxygen atoms in total. The Morgan fingerprint density at radius 2 is 2.00 bits per heavy atom. The van der Waals surface area contributed by atoms with E-state index in [9.17, 15) is 9.90 Å². The van der Waals surface area contributed by atoms with Gasteiger partial charge in [-0.2, -0.15) is 0 Å². The van der Waals surface area contributed by atoms with Crippen LogP contribution in [0, 0.1) is 0 Å². The first-order chi connectivity index (χ1) is 15.3. The predicted octanol–water partition coefficient (Wildman–Crippen LogP) is 7.10. The van der Waals surface area contributed by atoms with Gasteiger partial charge in [0.25, 0.3) is 5.91 Å². The normalized spacial score (nSPS) is 20.4. The molecule has 1 unspecified atom stereocenters. The molecule has 176 valence electrons. The molecule has 1 aliphatic heterocycles. The number of phenolic OH excluding ortho intramolecular Hbond substituents is 1. The lowest BCUT2D eigenvalue weighted by Crippen LogP contribution is -2.37. The van der Waals surface area contributed by atoms with E-state index in [0.717, 1.165) is 69.8 Å². The summed E-state index contributed by atoms with van der Waals surface area (Å²) in [7, 11) is 0.